The molecule has 0 unspecified atom stereocenters. The third-order valence-corrected chi connectivity index (χ3v) is 0.998. The summed E-state index contributed by atoms with van der Waals surface area (Å²) in [5.41, 5.74) is -0.626. The summed E-state index contributed by atoms with van der Waals surface area (Å²) in [5, 5.41) is 8.61. The van der Waals surface area contributed by atoms with Crippen LogP contribution in [0.15, 0.2) is 21.5 Å². The number of hydrogen-bond acceptors (Lipinski definition) is 3. The molecule has 0 aliphatic carbocycles. The fourth-order valence-corrected chi connectivity index (χ4v) is 0.514. The quantitative estimate of drug-likeness (QED) is 0.634. The van der Waals surface area contributed by atoms with Gasteiger partial charge in [0.2, 0.25) is 5.43 Å². The van der Waals surface area contributed by atoms with E-state index >= 15 is 0 Å². The van der Waals surface area contributed by atoms with Gasteiger partial charge in [-0.25, -0.2) is 4.39 Å². The molecule has 1 N–H and O–H groups in total. The molecule has 4 heteroatoms. The number of hydrogen-bond donors (Lipinski definition) is 1. The van der Waals surface area contributed by atoms with Gasteiger partial charge in [-0.1, -0.05) is 0 Å². The molecule has 0 bridgehead atoms. The third-order valence-electron chi connectivity index (χ3n) is 0.998. The molecule has 0 radical (unpaired) electrons. The van der Waals surface area contributed by atoms with Crippen LogP contribution in [0.5, 0.6) is 5.75 Å². The number of aromatic hydroxyl groups is 1. The molecule has 3 nitrogen and oxygen atoms in total. The van der Waals surface area contributed by atoms with Crippen LogP contribution in [0, 0.1) is 0 Å². The van der Waals surface area contributed by atoms with E-state index in [1.54, 1.807) is 0 Å². The molecule has 0 saturated heterocycles. The lowest BCUT2D eigenvalue weighted by Gasteiger charge is -1.91. The van der Waals surface area contributed by atoms with Gasteiger partial charge in [-0.15, -0.1) is 0 Å². The summed E-state index contributed by atoms with van der Waals surface area (Å²) in [5.74, 6) is -0.583. The number of rotatable bonds is 1. The van der Waals surface area contributed by atoms with Crippen molar-refractivity contribution in [2.24, 2.45) is 0 Å². The van der Waals surface area contributed by atoms with Crippen LogP contribution in [-0.4, -0.2) is 5.11 Å². The molecule has 0 amide bonds. The van der Waals surface area contributed by atoms with Crippen molar-refractivity contribution < 1.29 is 13.9 Å². The van der Waals surface area contributed by atoms with Gasteiger partial charge in [0.1, 0.15) is 18.7 Å². The predicted octanol–water partition coefficient (Wildman–Crippen LogP) is 0.815. The van der Waals surface area contributed by atoms with Gasteiger partial charge in [0, 0.05) is 6.07 Å². The summed E-state index contributed by atoms with van der Waals surface area (Å²) in [4.78, 5) is 10.5. The first kappa shape index (κ1) is 6.80. The fourth-order valence-electron chi connectivity index (χ4n) is 0.514. The van der Waals surface area contributed by atoms with Gasteiger partial charge in [-0.3, -0.25) is 4.79 Å². The minimum absolute atomic E-state index is 0.0807. The van der Waals surface area contributed by atoms with Crippen LogP contribution in [0.4, 0.5) is 4.39 Å². The SMILES string of the molecule is O=c1cc(CF)occ1O. The summed E-state index contributed by atoms with van der Waals surface area (Å²) in [6.07, 6.45) is 0.817. The molecule has 0 aromatic carbocycles. The number of alkyl halides is 1. The second-order valence-corrected chi connectivity index (χ2v) is 1.73. The van der Waals surface area contributed by atoms with E-state index in [9.17, 15) is 9.18 Å². The normalized spacial score (nSPS) is 9.70. The van der Waals surface area contributed by atoms with Crippen LogP contribution in [0.1, 0.15) is 5.76 Å². The summed E-state index contributed by atoms with van der Waals surface area (Å²) in [6, 6.07) is 0.912. The molecule has 0 fully saturated rings. The summed E-state index contributed by atoms with van der Waals surface area (Å²) in [6.45, 7) is -0.838. The lowest BCUT2D eigenvalue weighted by molar-refractivity contribution is 0.363. The molecule has 0 aliphatic heterocycles. The third kappa shape index (κ3) is 1.15. The van der Waals surface area contributed by atoms with Crippen LogP contribution in [0.2, 0.25) is 0 Å². The molecule has 1 aromatic heterocycles. The first-order valence-electron chi connectivity index (χ1n) is 2.60. The average Bonchev–Trinajstić information content (AvgIpc) is 1.95. The molecule has 1 aromatic rings. The monoisotopic (exact) mass is 144 g/mol. The maximum Gasteiger partial charge on any atom is 0.226 e. The smallest absolute Gasteiger partial charge is 0.226 e. The molecular formula is C6H5FO3. The highest BCUT2D eigenvalue weighted by Gasteiger charge is 1.99. The highest BCUT2D eigenvalue weighted by Crippen LogP contribution is 2.03. The molecule has 1 rings (SSSR count). The molecule has 0 aliphatic rings. The summed E-state index contributed by atoms with van der Waals surface area (Å²) >= 11 is 0. The molecular weight excluding hydrogens is 139 g/mol. The van der Waals surface area contributed by atoms with Gasteiger partial charge >= 0.3 is 0 Å². The van der Waals surface area contributed by atoms with Gasteiger partial charge < -0.3 is 9.52 Å². The number of halogens is 1. The first-order chi connectivity index (χ1) is 4.74. The van der Waals surface area contributed by atoms with Crippen LogP contribution in [0.25, 0.3) is 0 Å². The van der Waals surface area contributed by atoms with Crippen molar-refractivity contribution in [2.75, 3.05) is 0 Å². The fraction of sp³-hybridized carbons (Fsp3) is 0.167. The van der Waals surface area contributed by atoms with E-state index < -0.39 is 17.9 Å². The van der Waals surface area contributed by atoms with Gasteiger partial charge in [-0.05, 0) is 0 Å². The molecule has 0 saturated carbocycles. The Hall–Kier alpha value is -1.32. The molecule has 0 atom stereocenters. The van der Waals surface area contributed by atoms with Crippen LogP contribution in [-0.2, 0) is 6.67 Å². The maximum atomic E-state index is 11.7. The molecule has 54 valence electrons. The largest absolute Gasteiger partial charge is 0.502 e. The standard InChI is InChI=1S/C6H5FO3/c7-2-4-1-5(8)6(9)3-10-4/h1,3,9H,2H2. The topological polar surface area (TPSA) is 50.4 Å². The van der Waals surface area contributed by atoms with Crippen LogP contribution >= 0.6 is 0 Å². The Morgan fingerprint density at radius 3 is 2.90 bits per heavy atom. The second-order valence-electron chi connectivity index (χ2n) is 1.73. The summed E-state index contributed by atoms with van der Waals surface area (Å²) < 4.78 is 16.2. The van der Waals surface area contributed by atoms with Gasteiger partial charge in [0.25, 0.3) is 0 Å². The van der Waals surface area contributed by atoms with Crippen LogP contribution < -0.4 is 5.43 Å². The zero-order chi connectivity index (χ0) is 7.56. The van der Waals surface area contributed by atoms with Crippen molar-refractivity contribution in [3.8, 4) is 5.75 Å². The van der Waals surface area contributed by atoms with E-state index in [2.05, 4.69) is 4.42 Å². The maximum absolute atomic E-state index is 11.7. The van der Waals surface area contributed by atoms with E-state index in [0.29, 0.717) is 0 Å². The highest BCUT2D eigenvalue weighted by atomic mass is 19.1. The van der Waals surface area contributed by atoms with Gasteiger partial charge in [-0.2, -0.15) is 0 Å². The van der Waals surface area contributed by atoms with Crippen molar-refractivity contribution in [1.82, 2.24) is 0 Å². The molecule has 1 heterocycles. The second kappa shape index (κ2) is 2.51. The Bertz CT molecular complexity index is 279. The lowest BCUT2D eigenvalue weighted by atomic mass is 10.4. The minimum atomic E-state index is -0.838. The van der Waals surface area contributed by atoms with Crippen molar-refractivity contribution >= 4 is 0 Å². The zero-order valence-corrected chi connectivity index (χ0v) is 5.00. The minimum Gasteiger partial charge on any atom is -0.502 e. The van der Waals surface area contributed by atoms with Crippen molar-refractivity contribution in [2.45, 2.75) is 6.67 Å². The van der Waals surface area contributed by atoms with E-state index in [-0.39, 0.29) is 5.76 Å². The lowest BCUT2D eigenvalue weighted by Crippen LogP contribution is -1.98. The van der Waals surface area contributed by atoms with Crippen molar-refractivity contribution in [3.63, 3.8) is 0 Å². The van der Waals surface area contributed by atoms with Crippen molar-refractivity contribution in [1.29, 1.82) is 0 Å². The van der Waals surface area contributed by atoms with E-state index in [4.69, 9.17) is 5.11 Å². The van der Waals surface area contributed by atoms with Gasteiger partial charge in [0.15, 0.2) is 5.75 Å². The van der Waals surface area contributed by atoms with Gasteiger partial charge in [0.05, 0.1) is 0 Å². The van der Waals surface area contributed by atoms with Crippen LogP contribution in [0.3, 0.4) is 0 Å². The predicted molar refractivity (Wildman–Crippen MR) is 31.5 cm³/mol. The average molecular weight is 144 g/mol. The van der Waals surface area contributed by atoms with E-state index in [1.807, 2.05) is 0 Å². The zero-order valence-electron chi connectivity index (χ0n) is 5.00. The summed E-state index contributed by atoms with van der Waals surface area (Å²) in [7, 11) is 0. The Labute approximate surface area is 55.7 Å². The highest BCUT2D eigenvalue weighted by molar-refractivity contribution is 5.14. The van der Waals surface area contributed by atoms with E-state index in [0.717, 1.165) is 12.3 Å². The Morgan fingerprint density at radius 1 is 1.70 bits per heavy atom. The van der Waals surface area contributed by atoms with E-state index in [1.165, 1.54) is 0 Å². The Morgan fingerprint density at radius 2 is 2.40 bits per heavy atom. The Balaban J connectivity index is 3.17. The molecule has 10 heavy (non-hydrogen) atoms. The Kier molecular flexibility index (Phi) is 1.71. The molecule has 0 spiro atoms. The first-order valence-corrected chi connectivity index (χ1v) is 2.60. The van der Waals surface area contributed by atoms with Crippen molar-refractivity contribution in [3.05, 3.63) is 28.3 Å².